The molecular formula is C24H28BrNO3S. The number of benzene rings is 2. The molecule has 0 bridgehead atoms. The van der Waals surface area contributed by atoms with Crippen molar-refractivity contribution in [1.29, 1.82) is 0 Å². The van der Waals surface area contributed by atoms with E-state index in [1.165, 1.54) is 0 Å². The van der Waals surface area contributed by atoms with E-state index in [-0.39, 0.29) is 5.97 Å². The molecule has 1 aromatic heterocycles. The van der Waals surface area contributed by atoms with Gasteiger partial charge in [0, 0.05) is 28.8 Å². The van der Waals surface area contributed by atoms with Crippen LogP contribution in [-0.2, 0) is 17.5 Å². The SMILES string of the molecule is CCC(C)(CC)OC(=O)c1c(CSc2ccccc2)n(C)c2cc(Br)c(OC)cc12. The van der Waals surface area contributed by atoms with Gasteiger partial charge in [0.05, 0.1) is 22.7 Å². The average molecular weight is 490 g/mol. The highest BCUT2D eigenvalue weighted by atomic mass is 79.9. The maximum atomic E-state index is 13.4. The van der Waals surface area contributed by atoms with E-state index >= 15 is 0 Å². The van der Waals surface area contributed by atoms with Crippen LogP contribution in [0.15, 0.2) is 51.8 Å². The number of thioether (sulfide) groups is 1. The Hall–Kier alpha value is -1.92. The molecule has 0 aliphatic heterocycles. The molecule has 3 aromatic rings. The van der Waals surface area contributed by atoms with Crippen LogP contribution in [0.25, 0.3) is 10.9 Å². The number of carbonyl (C=O) groups excluding carboxylic acids is 1. The van der Waals surface area contributed by atoms with Gasteiger partial charge in [-0.2, -0.15) is 0 Å². The van der Waals surface area contributed by atoms with E-state index in [9.17, 15) is 4.79 Å². The number of nitrogens with zero attached hydrogens (tertiary/aromatic N) is 1. The highest BCUT2D eigenvalue weighted by molar-refractivity contribution is 9.10. The maximum absolute atomic E-state index is 13.4. The van der Waals surface area contributed by atoms with Crippen molar-refractivity contribution in [2.75, 3.05) is 7.11 Å². The van der Waals surface area contributed by atoms with Gasteiger partial charge in [-0.15, -0.1) is 11.8 Å². The number of hydrogen-bond donors (Lipinski definition) is 0. The van der Waals surface area contributed by atoms with E-state index in [2.05, 4.69) is 32.6 Å². The smallest absolute Gasteiger partial charge is 0.341 e. The molecule has 4 nitrogen and oxygen atoms in total. The van der Waals surface area contributed by atoms with Crippen molar-refractivity contribution < 1.29 is 14.3 Å². The van der Waals surface area contributed by atoms with Gasteiger partial charge in [0.2, 0.25) is 0 Å². The largest absolute Gasteiger partial charge is 0.496 e. The number of ether oxygens (including phenoxy) is 2. The third-order valence-electron chi connectivity index (χ3n) is 5.75. The van der Waals surface area contributed by atoms with Gasteiger partial charge in [-0.1, -0.05) is 32.0 Å². The fourth-order valence-electron chi connectivity index (χ4n) is 3.38. The monoisotopic (exact) mass is 489 g/mol. The van der Waals surface area contributed by atoms with Crippen LogP contribution in [0.2, 0.25) is 0 Å². The van der Waals surface area contributed by atoms with Crippen molar-refractivity contribution in [2.45, 2.75) is 49.9 Å². The Morgan fingerprint density at radius 3 is 2.43 bits per heavy atom. The number of methoxy groups -OCH3 is 1. The fourth-order valence-corrected chi connectivity index (χ4v) is 4.86. The maximum Gasteiger partial charge on any atom is 0.341 e. The van der Waals surface area contributed by atoms with Crippen molar-refractivity contribution in [3.63, 3.8) is 0 Å². The van der Waals surface area contributed by atoms with E-state index in [0.29, 0.717) is 17.1 Å². The first kappa shape index (κ1) is 22.8. The first-order chi connectivity index (χ1) is 14.3. The van der Waals surface area contributed by atoms with Crippen LogP contribution in [0.5, 0.6) is 5.75 Å². The summed E-state index contributed by atoms with van der Waals surface area (Å²) >= 11 is 5.28. The average Bonchev–Trinajstić information content (AvgIpc) is 3.03. The summed E-state index contributed by atoms with van der Waals surface area (Å²) in [5.74, 6) is 1.08. The summed E-state index contributed by atoms with van der Waals surface area (Å²) < 4.78 is 14.5. The number of aryl methyl sites for hydroxylation is 1. The summed E-state index contributed by atoms with van der Waals surface area (Å²) in [6.45, 7) is 6.09. The molecule has 0 aliphatic carbocycles. The molecule has 3 rings (SSSR count). The fraction of sp³-hybridized carbons (Fsp3) is 0.375. The number of carbonyl (C=O) groups is 1. The minimum Gasteiger partial charge on any atom is -0.496 e. The molecule has 160 valence electrons. The van der Waals surface area contributed by atoms with Crippen molar-refractivity contribution in [2.24, 2.45) is 7.05 Å². The molecule has 0 amide bonds. The molecule has 1 heterocycles. The second-order valence-electron chi connectivity index (χ2n) is 7.53. The van der Waals surface area contributed by atoms with Crippen LogP contribution in [0, 0.1) is 0 Å². The lowest BCUT2D eigenvalue weighted by molar-refractivity contribution is -0.0129. The summed E-state index contributed by atoms with van der Waals surface area (Å²) in [6, 6.07) is 14.1. The molecule has 0 saturated carbocycles. The van der Waals surface area contributed by atoms with E-state index in [1.807, 2.05) is 58.2 Å². The number of esters is 1. The Morgan fingerprint density at radius 1 is 1.17 bits per heavy atom. The van der Waals surface area contributed by atoms with Crippen LogP contribution >= 0.6 is 27.7 Å². The molecule has 0 unspecified atom stereocenters. The Morgan fingerprint density at radius 2 is 1.83 bits per heavy atom. The second kappa shape index (κ2) is 9.48. The van der Waals surface area contributed by atoms with Gasteiger partial charge < -0.3 is 14.0 Å². The molecule has 0 fully saturated rings. The molecule has 30 heavy (non-hydrogen) atoms. The summed E-state index contributed by atoms with van der Waals surface area (Å²) in [5.41, 5.74) is 2.05. The van der Waals surface area contributed by atoms with Gasteiger partial charge >= 0.3 is 5.97 Å². The van der Waals surface area contributed by atoms with Crippen LogP contribution in [0.3, 0.4) is 0 Å². The van der Waals surface area contributed by atoms with Crippen LogP contribution in [0.4, 0.5) is 0 Å². The molecule has 0 saturated heterocycles. The number of halogens is 1. The first-order valence-electron chi connectivity index (χ1n) is 10.1. The van der Waals surface area contributed by atoms with Gasteiger partial charge in [0.1, 0.15) is 11.4 Å². The Kier molecular flexibility index (Phi) is 7.19. The van der Waals surface area contributed by atoms with E-state index in [1.54, 1.807) is 18.9 Å². The molecular weight excluding hydrogens is 462 g/mol. The standard InChI is InChI=1S/C24H28BrNO3S/c1-6-24(3,7-2)29-23(27)22-17-13-21(28-5)18(25)14-19(17)26(4)20(22)15-30-16-11-9-8-10-12-16/h8-14H,6-7,15H2,1-5H3. The first-order valence-corrected chi connectivity index (χ1v) is 11.9. The van der Waals surface area contributed by atoms with Gasteiger partial charge in [-0.05, 0) is 60.0 Å². The zero-order chi connectivity index (χ0) is 21.9. The quantitative estimate of drug-likeness (QED) is 0.252. The number of fused-ring (bicyclic) bond motifs is 1. The highest BCUT2D eigenvalue weighted by Gasteiger charge is 2.30. The van der Waals surface area contributed by atoms with E-state index < -0.39 is 5.60 Å². The summed E-state index contributed by atoms with van der Waals surface area (Å²) in [4.78, 5) is 14.6. The Labute approximate surface area is 191 Å². The molecule has 2 aromatic carbocycles. The third kappa shape index (κ3) is 4.54. The number of hydrogen-bond acceptors (Lipinski definition) is 4. The number of aromatic nitrogens is 1. The van der Waals surface area contributed by atoms with Crippen LogP contribution < -0.4 is 4.74 Å². The minimum atomic E-state index is -0.484. The van der Waals surface area contributed by atoms with Gasteiger partial charge in [0.15, 0.2) is 0 Å². The Balaban J connectivity index is 2.11. The van der Waals surface area contributed by atoms with Crippen LogP contribution in [0.1, 0.15) is 49.7 Å². The molecule has 0 aliphatic rings. The normalized spacial score (nSPS) is 11.7. The molecule has 6 heteroatoms. The lowest BCUT2D eigenvalue weighted by Crippen LogP contribution is -2.30. The summed E-state index contributed by atoms with van der Waals surface area (Å²) in [5, 5.41) is 0.848. The molecule has 0 atom stereocenters. The topological polar surface area (TPSA) is 40.5 Å². The zero-order valence-corrected chi connectivity index (χ0v) is 20.5. The predicted octanol–water partition coefficient (Wildman–Crippen LogP) is 6.98. The predicted molar refractivity (Wildman–Crippen MR) is 128 cm³/mol. The zero-order valence-electron chi connectivity index (χ0n) is 18.1. The van der Waals surface area contributed by atoms with Gasteiger partial charge in [-0.3, -0.25) is 0 Å². The second-order valence-corrected chi connectivity index (χ2v) is 9.44. The van der Waals surface area contributed by atoms with E-state index in [0.717, 1.165) is 38.8 Å². The minimum absolute atomic E-state index is 0.278. The lowest BCUT2D eigenvalue weighted by Gasteiger charge is -2.27. The molecule has 0 radical (unpaired) electrons. The molecule has 0 spiro atoms. The summed E-state index contributed by atoms with van der Waals surface area (Å²) in [7, 11) is 3.63. The van der Waals surface area contributed by atoms with Crippen molar-refractivity contribution in [3.05, 3.63) is 58.2 Å². The lowest BCUT2D eigenvalue weighted by atomic mass is 10.00. The highest BCUT2D eigenvalue weighted by Crippen LogP contribution is 2.37. The Bertz CT molecular complexity index is 1040. The van der Waals surface area contributed by atoms with Crippen molar-refractivity contribution in [3.8, 4) is 5.75 Å². The number of rotatable bonds is 8. The van der Waals surface area contributed by atoms with Crippen molar-refractivity contribution in [1.82, 2.24) is 4.57 Å². The molecule has 0 N–H and O–H groups in total. The summed E-state index contributed by atoms with van der Waals surface area (Å²) in [6.07, 6.45) is 1.53. The van der Waals surface area contributed by atoms with Crippen LogP contribution in [-0.4, -0.2) is 23.2 Å². The van der Waals surface area contributed by atoms with Crippen molar-refractivity contribution >= 4 is 44.6 Å². The van der Waals surface area contributed by atoms with Gasteiger partial charge in [0.25, 0.3) is 0 Å². The third-order valence-corrected chi connectivity index (χ3v) is 7.40. The van der Waals surface area contributed by atoms with E-state index in [4.69, 9.17) is 9.47 Å². The van der Waals surface area contributed by atoms with Gasteiger partial charge in [-0.25, -0.2) is 4.79 Å².